The number of aliphatic hydroxyl groups is 6. The summed E-state index contributed by atoms with van der Waals surface area (Å²) in [5, 5.41) is 64.0. The smallest absolute Gasteiger partial charge is 0.450 e. The Morgan fingerprint density at radius 2 is 0.750 bits per heavy atom. The standard InChI is InChI=1S/2C4H11NO3.CH2O3/c2*5-4(1-6,2-7)3-8;2-1(3)4/h2*6-8H,1-3,5H2;(H2,2,3,4). The number of carbonyl (C=O) groups is 1. The van der Waals surface area contributed by atoms with Gasteiger partial charge in [0.1, 0.15) is 0 Å². The van der Waals surface area contributed by atoms with Crippen LogP contribution in [0.15, 0.2) is 0 Å². The molecule has 0 rings (SSSR count). The Morgan fingerprint density at radius 3 is 0.750 bits per heavy atom. The van der Waals surface area contributed by atoms with Crippen LogP contribution < -0.4 is 11.5 Å². The van der Waals surface area contributed by atoms with Crippen LogP contribution in [0.4, 0.5) is 4.79 Å². The summed E-state index contributed by atoms with van der Waals surface area (Å²) >= 11 is 0. The number of aliphatic hydroxyl groups excluding tert-OH is 6. The Balaban J connectivity index is -0.000000230. The summed E-state index contributed by atoms with van der Waals surface area (Å²) in [5.41, 5.74) is 7.88. The zero-order chi connectivity index (χ0) is 16.8. The monoisotopic (exact) mass is 304 g/mol. The van der Waals surface area contributed by atoms with Crippen LogP contribution in [0.3, 0.4) is 0 Å². The van der Waals surface area contributed by atoms with Crippen molar-refractivity contribution in [3.8, 4) is 0 Å². The van der Waals surface area contributed by atoms with Crippen LogP contribution in [0, 0.1) is 0 Å². The summed E-state index contributed by atoms with van der Waals surface area (Å²) in [6, 6.07) is 0. The number of nitrogens with two attached hydrogens (primary N) is 2. The molecule has 0 aromatic rings. The van der Waals surface area contributed by atoms with E-state index in [1.165, 1.54) is 0 Å². The number of hydrogen-bond acceptors (Lipinski definition) is 9. The number of carboxylic acid groups (broad SMARTS) is 2. The molecule has 12 N–H and O–H groups in total. The fourth-order valence-corrected chi connectivity index (χ4v) is 0.300. The van der Waals surface area contributed by atoms with E-state index in [0.717, 1.165) is 0 Å². The molecule has 20 heavy (non-hydrogen) atoms. The van der Waals surface area contributed by atoms with Gasteiger partial charge < -0.3 is 52.3 Å². The van der Waals surface area contributed by atoms with Crippen molar-refractivity contribution < 1.29 is 45.6 Å². The molecule has 0 aliphatic heterocycles. The average molecular weight is 304 g/mol. The molecule has 0 bridgehead atoms. The van der Waals surface area contributed by atoms with Crippen molar-refractivity contribution in [2.45, 2.75) is 11.1 Å². The molecule has 0 amide bonds. The van der Waals surface area contributed by atoms with Gasteiger partial charge in [0.25, 0.3) is 0 Å². The number of hydrogen-bond donors (Lipinski definition) is 10. The summed E-state index contributed by atoms with van der Waals surface area (Å²) in [4.78, 5) is 8.56. The highest BCUT2D eigenvalue weighted by atomic mass is 16.6. The molecule has 0 fully saturated rings. The van der Waals surface area contributed by atoms with Gasteiger partial charge >= 0.3 is 6.16 Å². The van der Waals surface area contributed by atoms with Crippen molar-refractivity contribution in [1.82, 2.24) is 0 Å². The largest absolute Gasteiger partial charge is 0.503 e. The Labute approximate surface area is 115 Å². The van der Waals surface area contributed by atoms with E-state index in [9.17, 15) is 0 Å². The summed E-state index contributed by atoms with van der Waals surface area (Å²) < 4.78 is 0. The predicted octanol–water partition coefficient (Wildman–Crippen LogP) is -4.46. The maximum absolute atomic E-state index is 8.56. The van der Waals surface area contributed by atoms with Gasteiger partial charge in [0.05, 0.1) is 50.7 Å². The topological polar surface area (TPSA) is 231 Å². The van der Waals surface area contributed by atoms with Crippen LogP contribution in [-0.2, 0) is 0 Å². The number of rotatable bonds is 6. The van der Waals surface area contributed by atoms with Gasteiger partial charge in [-0.15, -0.1) is 0 Å². The van der Waals surface area contributed by atoms with Gasteiger partial charge in [-0.1, -0.05) is 0 Å². The SMILES string of the molecule is NC(CO)(CO)CO.NC(CO)(CO)CO.O=C(O)O. The van der Waals surface area contributed by atoms with Crippen LogP contribution in [-0.4, -0.2) is 97.7 Å². The van der Waals surface area contributed by atoms with Crippen LogP contribution in [0.2, 0.25) is 0 Å². The Hall–Kier alpha value is -1.05. The molecule has 0 heterocycles. The van der Waals surface area contributed by atoms with E-state index in [0.29, 0.717) is 0 Å². The Morgan fingerprint density at radius 1 is 0.650 bits per heavy atom. The van der Waals surface area contributed by atoms with Crippen LogP contribution in [0.1, 0.15) is 0 Å². The van der Waals surface area contributed by atoms with Crippen molar-refractivity contribution in [2.24, 2.45) is 11.5 Å². The molecule has 11 nitrogen and oxygen atoms in total. The molecular weight excluding hydrogens is 280 g/mol. The Kier molecular flexibility index (Phi) is 15.5. The second kappa shape index (κ2) is 13.0. The quantitative estimate of drug-likeness (QED) is 0.225. The first-order chi connectivity index (χ1) is 9.10. The van der Waals surface area contributed by atoms with Gasteiger partial charge in [-0.05, 0) is 0 Å². The Bertz CT molecular complexity index is 193. The van der Waals surface area contributed by atoms with Gasteiger partial charge in [-0.25, -0.2) is 4.79 Å². The lowest BCUT2D eigenvalue weighted by Crippen LogP contribution is -2.50. The second-order valence-corrected chi connectivity index (χ2v) is 3.96. The summed E-state index contributed by atoms with van der Waals surface area (Å²) in [6.07, 6.45) is -1.83. The third-order valence-corrected chi connectivity index (χ3v) is 1.89. The minimum atomic E-state index is -1.83. The fraction of sp³-hybridized carbons (Fsp3) is 0.889. The van der Waals surface area contributed by atoms with Crippen molar-refractivity contribution in [3.63, 3.8) is 0 Å². The molecule has 0 aromatic heterocycles. The molecule has 0 spiro atoms. The maximum Gasteiger partial charge on any atom is 0.503 e. The second-order valence-electron chi connectivity index (χ2n) is 3.96. The minimum absolute atomic E-state index is 0.403. The molecule has 0 radical (unpaired) electrons. The van der Waals surface area contributed by atoms with E-state index in [-0.39, 0.29) is 0 Å². The molecular formula is C9H24N2O9. The third-order valence-electron chi connectivity index (χ3n) is 1.89. The normalized spacial score (nSPS) is 10.8. The van der Waals surface area contributed by atoms with Crippen molar-refractivity contribution >= 4 is 6.16 Å². The summed E-state index contributed by atoms with van der Waals surface area (Å²) in [5.74, 6) is 0. The summed E-state index contributed by atoms with van der Waals surface area (Å²) in [7, 11) is 0. The molecule has 0 saturated carbocycles. The van der Waals surface area contributed by atoms with Crippen LogP contribution in [0.25, 0.3) is 0 Å². The zero-order valence-corrected chi connectivity index (χ0v) is 10.9. The van der Waals surface area contributed by atoms with E-state index >= 15 is 0 Å². The van der Waals surface area contributed by atoms with Gasteiger partial charge in [0.2, 0.25) is 0 Å². The lowest BCUT2D eigenvalue weighted by atomic mass is 10.1. The van der Waals surface area contributed by atoms with Crippen molar-refractivity contribution in [3.05, 3.63) is 0 Å². The first-order valence-corrected chi connectivity index (χ1v) is 5.25. The first kappa shape index (κ1) is 24.0. The van der Waals surface area contributed by atoms with E-state index in [1.807, 2.05) is 0 Å². The van der Waals surface area contributed by atoms with Crippen molar-refractivity contribution in [2.75, 3.05) is 39.6 Å². The molecule has 124 valence electrons. The molecule has 0 aliphatic carbocycles. The zero-order valence-electron chi connectivity index (χ0n) is 10.9. The van der Waals surface area contributed by atoms with E-state index in [1.54, 1.807) is 0 Å². The maximum atomic E-state index is 8.56. The van der Waals surface area contributed by atoms with E-state index < -0.39 is 56.9 Å². The van der Waals surface area contributed by atoms with Gasteiger partial charge in [0, 0.05) is 0 Å². The van der Waals surface area contributed by atoms with Gasteiger partial charge in [-0.3, -0.25) is 0 Å². The van der Waals surface area contributed by atoms with Crippen molar-refractivity contribution in [1.29, 1.82) is 0 Å². The first-order valence-electron chi connectivity index (χ1n) is 5.25. The minimum Gasteiger partial charge on any atom is -0.450 e. The molecule has 11 heteroatoms. The van der Waals surface area contributed by atoms with Crippen LogP contribution >= 0.6 is 0 Å². The molecule has 0 atom stereocenters. The predicted molar refractivity (Wildman–Crippen MR) is 67.0 cm³/mol. The van der Waals surface area contributed by atoms with Crippen LogP contribution in [0.5, 0.6) is 0 Å². The lowest BCUT2D eigenvalue weighted by Gasteiger charge is -2.20. The summed E-state index contributed by atoms with van der Waals surface area (Å²) in [6.45, 7) is -2.42. The highest BCUT2D eigenvalue weighted by molar-refractivity contribution is 5.53. The average Bonchev–Trinajstić information content (AvgIpc) is 2.45. The van der Waals surface area contributed by atoms with E-state index in [4.69, 9.17) is 57.1 Å². The van der Waals surface area contributed by atoms with E-state index in [2.05, 4.69) is 0 Å². The molecule has 0 aliphatic rings. The highest BCUT2D eigenvalue weighted by Gasteiger charge is 2.21. The lowest BCUT2D eigenvalue weighted by molar-refractivity contribution is 0.0695. The van der Waals surface area contributed by atoms with Gasteiger partial charge in [-0.2, -0.15) is 0 Å². The molecule has 0 unspecified atom stereocenters. The third kappa shape index (κ3) is 15.0. The molecule has 0 aromatic carbocycles. The fourth-order valence-electron chi connectivity index (χ4n) is 0.300. The molecule has 0 saturated heterocycles. The van der Waals surface area contributed by atoms with Gasteiger partial charge in [0.15, 0.2) is 0 Å². The highest BCUT2D eigenvalue weighted by Crippen LogP contribution is 1.93.